The molecule has 0 unspecified atom stereocenters. The van der Waals surface area contributed by atoms with Crippen molar-refractivity contribution in [2.45, 2.75) is 6.54 Å². The van der Waals surface area contributed by atoms with E-state index in [0.717, 1.165) is 0 Å². The zero-order chi connectivity index (χ0) is 13.8. The van der Waals surface area contributed by atoms with Gasteiger partial charge in [0, 0.05) is 12.6 Å². The largest absolute Gasteiger partial charge is 0.454 e. The molecule has 0 saturated heterocycles. The van der Waals surface area contributed by atoms with Crippen molar-refractivity contribution < 1.29 is 13.5 Å². The molecule has 0 aliphatic carbocycles. The first-order chi connectivity index (χ1) is 9.10. The van der Waals surface area contributed by atoms with Gasteiger partial charge in [-0.25, -0.2) is 8.78 Å². The second-order valence-corrected chi connectivity index (χ2v) is 4.39. The first-order valence-corrected chi connectivity index (χ1v) is 6.04. The molecule has 2 aromatic carbocycles. The lowest BCUT2D eigenvalue weighted by Gasteiger charge is -2.09. The number of hydrogen-bond donors (Lipinski definition) is 1. The predicted molar refractivity (Wildman–Crippen MR) is 70.6 cm³/mol. The van der Waals surface area contributed by atoms with Gasteiger partial charge in [0.1, 0.15) is 11.6 Å². The van der Waals surface area contributed by atoms with Crippen LogP contribution >= 0.6 is 11.6 Å². The molecule has 19 heavy (non-hydrogen) atoms. The lowest BCUT2D eigenvalue weighted by molar-refractivity contribution is 0.438. The highest BCUT2D eigenvalue weighted by atomic mass is 35.5. The number of hydrogen-bond acceptors (Lipinski definition) is 2. The van der Waals surface area contributed by atoms with E-state index in [1.54, 1.807) is 19.2 Å². The van der Waals surface area contributed by atoms with Gasteiger partial charge in [0.05, 0.1) is 5.02 Å². The molecule has 5 heteroatoms. The average molecular weight is 284 g/mol. The minimum absolute atomic E-state index is 0.0338. The number of nitrogens with one attached hydrogen (secondary N) is 1. The Kier molecular flexibility index (Phi) is 4.35. The molecule has 100 valence electrons. The van der Waals surface area contributed by atoms with Gasteiger partial charge in [-0.1, -0.05) is 17.7 Å². The second-order valence-electron chi connectivity index (χ2n) is 3.98. The monoisotopic (exact) mass is 283 g/mol. The van der Waals surface area contributed by atoms with Crippen LogP contribution < -0.4 is 10.1 Å². The van der Waals surface area contributed by atoms with Gasteiger partial charge >= 0.3 is 0 Å². The summed E-state index contributed by atoms with van der Waals surface area (Å²) in [5, 5.41) is 2.87. The fourth-order valence-electron chi connectivity index (χ4n) is 1.68. The molecule has 2 aromatic rings. The Labute approximate surface area is 115 Å². The van der Waals surface area contributed by atoms with Crippen molar-refractivity contribution in [1.82, 2.24) is 5.32 Å². The normalized spacial score (nSPS) is 10.5. The standard InChI is InChI=1S/C14H12ClF2NO/c1-18-8-9-5-10(16)7-11(6-9)19-13-4-2-3-12(15)14(13)17/h2-7,18H,8H2,1H3. The maximum atomic E-state index is 13.7. The van der Waals surface area contributed by atoms with Gasteiger partial charge in [0.15, 0.2) is 11.6 Å². The molecule has 2 rings (SSSR count). The van der Waals surface area contributed by atoms with Crippen molar-refractivity contribution in [2.75, 3.05) is 7.05 Å². The van der Waals surface area contributed by atoms with E-state index < -0.39 is 11.6 Å². The molecule has 0 aliphatic rings. The third kappa shape index (κ3) is 3.43. The van der Waals surface area contributed by atoms with Gasteiger partial charge < -0.3 is 10.1 Å². The SMILES string of the molecule is CNCc1cc(F)cc(Oc2cccc(Cl)c2F)c1. The molecule has 0 atom stereocenters. The first kappa shape index (κ1) is 13.8. The van der Waals surface area contributed by atoms with Gasteiger partial charge in [0.25, 0.3) is 0 Å². The summed E-state index contributed by atoms with van der Waals surface area (Å²) in [5.41, 5.74) is 0.708. The minimum Gasteiger partial charge on any atom is -0.454 e. The third-order valence-corrected chi connectivity index (χ3v) is 2.75. The Morgan fingerprint density at radius 1 is 1.21 bits per heavy atom. The summed E-state index contributed by atoms with van der Waals surface area (Å²) < 4.78 is 32.4. The fourth-order valence-corrected chi connectivity index (χ4v) is 1.84. The van der Waals surface area contributed by atoms with Gasteiger partial charge in [-0.15, -0.1) is 0 Å². The Bertz CT molecular complexity index is 590. The van der Waals surface area contributed by atoms with Crippen LogP contribution in [0.5, 0.6) is 11.5 Å². The number of ether oxygens (including phenoxy) is 1. The van der Waals surface area contributed by atoms with Crippen LogP contribution in [-0.4, -0.2) is 7.05 Å². The zero-order valence-corrected chi connectivity index (χ0v) is 11.0. The molecule has 0 saturated carbocycles. The van der Waals surface area contributed by atoms with Crippen LogP contribution in [0.2, 0.25) is 5.02 Å². The van der Waals surface area contributed by atoms with Crippen LogP contribution in [0.4, 0.5) is 8.78 Å². The molecule has 0 spiro atoms. The number of benzene rings is 2. The highest BCUT2D eigenvalue weighted by molar-refractivity contribution is 6.30. The summed E-state index contributed by atoms with van der Waals surface area (Å²) in [4.78, 5) is 0. The van der Waals surface area contributed by atoms with Crippen molar-refractivity contribution in [2.24, 2.45) is 0 Å². The molecule has 0 fully saturated rings. The van der Waals surface area contributed by atoms with E-state index in [1.807, 2.05) is 0 Å². The lowest BCUT2D eigenvalue weighted by atomic mass is 10.2. The molecule has 0 heterocycles. The van der Waals surface area contributed by atoms with Gasteiger partial charge in [-0.3, -0.25) is 0 Å². The summed E-state index contributed by atoms with van der Waals surface area (Å²) in [5.74, 6) is -0.909. The van der Waals surface area contributed by atoms with Gasteiger partial charge in [0.2, 0.25) is 0 Å². The molecule has 0 radical (unpaired) electrons. The summed E-state index contributed by atoms with van der Waals surface area (Å²) in [6, 6.07) is 8.64. The van der Waals surface area contributed by atoms with Crippen LogP contribution in [0.15, 0.2) is 36.4 Å². The summed E-state index contributed by atoms with van der Waals surface area (Å²) in [7, 11) is 1.75. The minimum atomic E-state index is -0.663. The maximum Gasteiger partial charge on any atom is 0.184 e. The maximum absolute atomic E-state index is 13.7. The lowest BCUT2D eigenvalue weighted by Crippen LogP contribution is -2.05. The van der Waals surface area contributed by atoms with Gasteiger partial charge in [-0.05, 0) is 36.9 Å². The molecular weight excluding hydrogens is 272 g/mol. The second kappa shape index (κ2) is 5.99. The zero-order valence-electron chi connectivity index (χ0n) is 10.2. The van der Waals surface area contributed by atoms with E-state index in [1.165, 1.54) is 24.3 Å². The van der Waals surface area contributed by atoms with Crippen molar-refractivity contribution in [3.8, 4) is 11.5 Å². The highest BCUT2D eigenvalue weighted by Crippen LogP contribution is 2.29. The molecule has 0 bridgehead atoms. The van der Waals surface area contributed by atoms with Crippen molar-refractivity contribution in [1.29, 1.82) is 0 Å². The van der Waals surface area contributed by atoms with Crippen LogP contribution in [0.1, 0.15) is 5.56 Å². The van der Waals surface area contributed by atoms with E-state index in [-0.39, 0.29) is 16.5 Å². The Hall–Kier alpha value is -1.65. The number of halogens is 3. The quantitative estimate of drug-likeness (QED) is 0.911. The topological polar surface area (TPSA) is 21.3 Å². The first-order valence-electron chi connectivity index (χ1n) is 5.66. The molecule has 1 N–H and O–H groups in total. The van der Waals surface area contributed by atoms with Crippen LogP contribution in [0, 0.1) is 11.6 Å². The molecule has 2 nitrogen and oxygen atoms in total. The van der Waals surface area contributed by atoms with E-state index >= 15 is 0 Å². The van der Waals surface area contributed by atoms with Crippen LogP contribution in [0.25, 0.3) is 0 Å². The van der Waals surface area contributed by atoms with Crippen LogP contribution in [-0.2, 0) is 6.54 Å². The van der Waals surface area contributed by atoms with Gasteiger partial charge in [-0.2, -0.15) is 0 Å². The average Bonchev–Trinajstić information content (AvgIpc) is 2.35. The van der Waals surface area contributed by atoms with Crippen molar-refractivity contribution >= 4 is 11.6 Å². The highest BCUT2D eigenvalue weighted by Gasteiger charge is 2.09. The number of rotatable bonds is 4. The van der Waals surface area contributed by atoms with E-state index in [9.17, 15) is 8.78 Å². The Morgan fingerprint density at radius 2 is 2.00 bits per heavy atom. The Balaban J connectivity index is 2.30. The predicted octanol–water partition coefficient (Wildman–Crippen LogP) is 4.13. The third-order valence-electron chi connectivity index (χ3n) is 2.46. The van der Waals surface area contributed by atoms with E-state index in [0.29, 0.717) is 12.1 Å². The Morgan fingerprint density at radius 3 is 2.74 bits per heavy atom. The van der Waals surface area contributed by atoms with E-state index in [2.05, 4.69) is 5.32 Å². The van der Waals surface area contributed by atoms with E-state index in [4.69, 9.17) is 16.3 Å². The smallest absolute Gasteiger partial charge is 0.184 e. The van der Waals surface area contributed by atoms with Crippen molar-refractivity contribution in [3.63, 3.8) is 0 Å². The summed E-state index contributed by atoms with van der Waals surface area (Å²) in [6.07, 6.45) is 0. The molecular formula is C14H12ClF2NO. The molecule has 0 amide bonds. The fraction of sp³-hybridized carbons (Fsp3) is 0.143. The molecule has 0 aromatic heterocycles. The van der Waals surface area contributed by atoms with Crippen molar-refractivity contribution in [3.05, 3.63) is 58.6 Å². The summed E-state index contributed by atoms with van der Waals surface area (Å²) >= 11 is 5.65. The van der Waals surface area contributed by atoms with Crippen LogP contribution in [0.3, 0.4) is 0 Å². The summed E-state index contributed by atoms with van der Waals surface area (Å²) in [6.45, 7) is 0.492. The molecule has 0 aliphatic heterocycles.